The summed E-state index contributed by atoms with van der Waals surface area (Å²) >= 11 is 0. The van der Waals surface area contributed by atoms with E-state index in [1.807, 2.05) is 73.3 Å². The Labute approximate surface area is 184 Å². The maximum absolute atomic E-state index is 12.7. The maximum atomic E-state index is 12.7. The van der Waals surface area contributed by atoms with Crippen LogP contribution >= 0.6 is 0 Å². The number of pyridine rings is 1. The Morgan fingerprint density at radius 1 is 1.06 bits per heavy atom. The molecule has 0 aliphatic heterocycles. The highest BCUT2D eigenvalue weighted by Crippen LogP contribution is 2.34. The first kappa shape index (κ1) is 19.7. The summed E-state index contributed by atoms with van der Waals surface area (Å²) in [6.07, 6.45) is 5.51. The summed E-state index contributed by atoms with van der Waals surface area (Å²) in [7, 11) is 1.94. The fraction of sp³-hybridized carbons (Fsp3) is 0.120. The van der Waals surface area contributed by atoms with Crippen molar-refractivity contribution in [2.24, 2.45) is 7.05 Å². The van der Waals surface area contributed by atoms with Gasteiger partial charge in [-0.25, -0.2) is 9.97 Å². The van der Waals surface area contributed by atoms with Crippen LogP contribution in [-0.2, 0) is 18.3 Å². The summed E-state index contributed by atoms with van der Waals surface area (Å²) in [5, 5.41) is 4.84. The molecule has 32 heavy (non-hydrogen) atoms. The molecule has 5 rings (SSSR count). The number of nitrogens with one attached hydrogen (secondary N) is 1. The van der Waals surface area contributed by atoms with Gasteiger partial charge in [-0.1, -0.05) is 24.3 Å². The van der Waals surface area contributed by atoms with Crippen LogP contribution in [0.5, 0.6) is 0 Å². The molecule has 5 aromatic rings. The molecule has 0 bridgehead atoms. The number of hydrogen-bond donors (Lipinski definition) is 2. The second-order valence-electron chi connectivity index (χ2n) is 7.85. The molecule has 1 amide bonds. The van der Waals surface area contributed by atoms with Crippen LogP contribution in [0.2, 0.25) is 0 Å². The summed E-state index contributed by atoms with van der Waals surface area (Å²) in [5.74, 6) is 0.378. The molecular formula is C25H22N6O. The fourth-order valence-corrected chi connectivity index (χ4v) is 4.18. The molecule has 0 unspecified atom stereocenters. The highest BCUT2D eigenvalue weighted by Gasteiger charge is 2.15. The zero-order valence-corrected chi connectivity index (χ0v) is 17.8. The van der Waals surface area contributed by atoms with Gasteiger partial charge in [-0.2, -0.15) is 0 Å². The van der Waals surface area contributed by atoms with Crippen LogP contribution < -0.4 is 11.1 Å². The van der Waals surface area contributed by atoms with Crippen molar-refractivity contribution in [3.63, 3.8) is 0 Å². The molecular weight excluding hydrogens is 400 g/mol. The molecule has 0 atom stereocenters. The third-order valence-electron chi connectivity index (χ3n) is 5.67. The Morgan fingerprint density at radius 3 is 2.78 bits per heavy atom. The van der Waals surface area contributed by atoms with Crippen molar-refractivity contribution in [3.05, 3.63) is 78.4 Å². The highest BCUT2D eigenvalue weighted by atomic mass is 16.1. The number of nitrogen functional groups attached to an aromatic ring is 1. The summed E-state index contributed by atoms with van der Waals surface area (Å²) in [6.45, 7) is 2.01. The average molecular weight is 422 g/mol. The molecule has 3 N–H and O–H groups in total. The minimum absolute atomic E-state index is 0.0729. The number of carbonyl (C=O) groups excluding carboxylic acids is 1. The topological polar surface area (TPSA) is 98.7 Å². The minimum atomic E-state index is -0.0729. The molecule has 3 heterocycles. The Bertz CT molecular complexity index is 1480. The monoisotopic (exact) mass is 422 g/mol. The molecule has 3 aromatic heterocycles. The van der Waals surface area contributed by atoms with Crippen molar-refractivity contribution in [1.29, 1.82) is 0 Å². The quantitative estimate of drug-likeness (QED) is 0.451. The van der Waals surface area contributed by atoms with Gasteiger partial charge in [0.1, 0.15) is 17.8 Å². The van der Waals surface area contributed by atoms with E-state index in [4.69, 9.17) is 5.73 Å². The van der Waals surface area contributed by atoms with Crippen LogP contribution in [0.4, 0.5) is 11.5 Å². The second kappa shape index (κ2) is 7.77. The lowest BCUT2D eigenvalue weighted by molar-refractivity contribution is -0.115. The molecule has 0 radical (unpaired) electrons. The number of aromatic nitrogens is 4. The summed E-state index contributed by atoms with van der Waals surface area (Å²) in [6, 6.07) is 15.6. The van der Waals surface area contributed by atoms with E-state index in [0.717, 1.165) is 49.9 Å². The Hall–Kier alpha value is -4.26. The maximum Gasteiger partial charge on any atom is 0.228 e. The third-order valence-corrected chi connectivity index (χ3v) is 5.67. The molecule has 7 heteroatoms. The van der Waals surface area contributed by atoms with E-state index in [9.17, 15) is 4.79 Å². The van der Waals surface area contributed by atoms with Crippen molar-refractivity contribution < 1.29 is 4.79 Å². The molecule has 0 fully saturated rings. The molecule has 2 aromatic carbocycles. The Kier molecular flexibility index (Phi) is 4.78. The van der Waals surface area contributed by atoms with Crippen LogP contribution in [0.3, 0.4) is 0 Å². The first-order valence-corrected chi connectivity index (χ1v) is 10.3. The van der Waals surface area contributed by atoms with Crippen LogP contribution in [0, 0.1) is 6.92 Å². The molecule has 0 aliphatic rings. The van der Waals surface area contributed by atoms with Crippen molar-refractivity contribution in [2.45, 2.75) is 13.3 Å². The van der Waals surface area contributed by atoms with Gasteiger partial charge in [-0.3, -0.25) is 9.78 Å². The summed E-state index contributed by atoms with van der Waals surface area (Å²) < 4.78 is 1.94. The van der Waals surface area contributed by atoms with Gasteiger partial charge in [-0.05, 0) is 47.9 Å². The van der Waals surface area contributed by atoms with Gasteiger partial charge in [-0.15, -0.1) is 0 Å². The van der Waals surface area contributed by atoms with Gasteiger partial charge < -0.3 is 15.6 Å². The van der Waals surface area contributed by atoms with Crippen molar-refractivity contribution in [3.8, 4) is 11.1 Å². The first-order valence-electron chi connectivity index (χ1n) is 10.3. The lowest BCUT2D eigenvalue weighted by atomic mass is 10.00. The van der Waals surface area contributed by atoms with Crippen LogP contribution in [0.25, 0.3) is 33.1 Å². The van der Waals surface area contributed by atoms with Gasteiger partial charge >= 0.3 is 0 Å². The molecule has 0 aliphatic carbocycles. The van der Waals surface area contributed by atoms with Gasteiger partial charge in [0.2, 0.25) is 5.91 Å². The summed E-state index contributed by atoms with van der Waals surface area (Å²) in [5.41, 5.74) is 12.5. The molecule has 0 saturated carbocycles. The highest BCUT2D eigenvalue weighted by molar-refractivity contribution is 6.02. The van der Waals surface area contributed by atoms with Gasteiger partial charge in [0.05, 0.1) is 17.3 Å². The van der Waals surface area contributed by atoms with Gasteiger partial charge in [0.25, 0.3) is 0 Å². The Balaban J connectivity index is 1.41. The second-order valence-corrected chi connectivity index (χ2v) is 7.85. The van der Waals surface area contributed by atoms with E-state index in [1.54, 1.807) is 6.20 Å². The predicted octanol–water partition coefficient (Wildman–Crippen LogP) is 4.26. The lowest BCUT2D eigenvalue weighted by Gasteiger charge is -2.11. The van der Waals surface area contributed by atoms with Gasteiger partial charge in [0, 0.05) is 36.1 Å². The summed E-state index contributed by atoms with van der Waals surface area (Å²) in [4.78, 5) is 25.6. The minimum Gasteiger partial charge on any atom is -0.383 e. The third kappa shape index (κ3) is 3.43. The van der Waals surface area contributed by atoms with Crippen LogP contribution in [0.15, 0.2) is 67.3 Å². The number of benzene rings is 2. The van der Waals surface area contributed by atoms with Crippen LogP contribution in [0.1, 0.15) is 11.1 Å². The SMILES string of the molecule is Cc1cc(NC(=O)Cc2cccc3ncccc23)ccc1-c1cn(C)c2ncnc(N)c12. The number of nitrogens with two attached hydrogens (primary N) is 1. The molecule has 0 saturated heterocycles. The standard InChI is InChI=1S/C25H22N6O/c1-15-11-17(30-22(32)12-16-5-3-7-21-19(16)6-4-10-27-21)8-9-18(15)20-13-31(2)25-23(20)24(26)28-14-29-25/h3-11,13-14H,12H2,1-2H3,(H,30,32)(H2,26,28,29). The fourth-order valence-electron chi connectivity index (χ4n) is 4.18. The number of carbonyl (C=O) groups is 1. The number of aryl methyl sites for hydroxylation is 2. The van der Waals surface area contributed by atoms with Crippen molar-refractivity contribution >= 4 is 39.3 Å². The number of anilines is 2. The van der Waals surface area contributed by atoms with Crippen LogP contribution in [-0.4, -0.2) is 25.4 Å². The number of hydrogen-bond acceptors (Lipinski definition) is 5. The normalized spacial score (nSPS) is 11.2. The van der Waals surface area contributed by atoms with E-state index in [2.05, 4.69) is 20.3 Å². The van der Waals surface area contributed by atoms with E-state index < -0.39 is 0 Å². The lowest BCUT2D eigenvalue weighted by Crippen LogP contribution is -2.14. The number of nitrogens with zero attached hydrogens (tertiary/aromatic N) is 4. The predicted molar refractivity (Wildman–Crippen MR) is 127 cm³/mol. The van der Waals surface area contributed by atoms with E-state index in [-0.39, 0.29) is 12.3 Å². The molecule has 0 spiro atoms. The Morgan fingerprint density at radius 2 is 1.94 bits per heavy atom. The van der Waals surface area contributed by atoms with E-state index >= 15 is 0 Å². The van der Waals surface area contributed by atoms with Crippen molar-refractivity contribution in [1.82, 2.24) is 19.5 Å². The smallest absolute Gasteiger partial charge is 0.228 e. The van der Waals surface area contributed by atoms with E-state index in [0.29, 0.717) is 5.82 Å². The number of rotatable bonds is 4. The molecule has 158 valence electrons. The van der Waals surface area contributed by atoms with E-state index in [1.165, 1.54) is 6.33 Å². The zero-order valence-electron chi connectivity index (χ0n) is 17.8. The first-order chi connectivity index (χ1) is 15.5. The number of amides is 1. The average Bonchev–Trinajstić information content (AvgIpc) is 3.12. The largest absolute Gasteiger partial charge is 0.383 e. The zero-order chi connectivity index (χ0) is 22.2. The molecule has 7 nitrogen and oxygen atoms in total. The van der Waals surface area contributed by atoms with Gasteiger partial charge in [0.15, 0.2) is 0 Å². The van der Waals surface area contributed by atoms with Crippen molar-refractivity contribution in [2.75, 3.05) is 11.1 Å². The number of fused-ring (bicyclic) bond motifs is 2.